The van der Waals surface area contributed by atoms with E-state index in [1.54, 1.807) is 42.0 Å². The fourth-order valence-corrected chi connectivity index (χ4v) is 5.56. The minimum Gasteiger partial charge on any atom is -0.508 e. The van der Waals surface area contributed by atoms with E-state index in [9.17, 15) is 19.6 Å². The van der Waals surface area contributed by atoms with Crippen LogP contribution in [0.3, 0.4) is 0 Å². The van der Waals surface area contributed by atoms with Crippen molar-refractivity contribution in [1.29, 1.82) is 5.26 Å². The van der Waals surface area contributed by atoms with E-state index in [1.165, 1.54) is 12.1 Å². The standard InChI is InChI=1S/C29H27BrFN5O3/c1-39-17-16-36-23-10-11-25(30)33-26(23)28(22(18-32)29(36)38)35-14-12-34(13-15-35)27(19-6-8-20(31)9-7-19)21-4-2-3-5-24(21)37/h2-11,27,37H,12-17H2,1H3. The van der Waals surface area contributed by atoms with Crippen LogP contribution in [-0.2, 0) is 11.3 Å². The van der Waals surface area contributed by atoms with Gasteiger partial charge >= 0.3 is 0 Å². The second-order valence-corrected chi connectivity index (χ2v) is 10.1. The van der Waals surface area contributed by atoms with E-state index in [0.717, 1.165) is 11.1 Å². The quantitative estimate of drug-likeness (QED) is 0.318. The number of aromatic nitrogens is 2. The molecule has 0 spiro atoms. The maximum Gasteiger partial charge on any atom is 0.271 e. The van der Waals surface area contributed by atoms with E-state index < -0.39 is 0 Å². The Balaban J connectivity index is 1.52. The van der Waals surface area contributed by atoms with Crippen molar-refractivity contribution < 1.29 is 14.2 Å². The molecule has 39 heavy (non-hydrogen) atoms. The summed E-state index contributed by atoms with van der Waals surface area (Å²) in [5.74, 6) is -0.157. The SMILES string of the molecule is COCCn1c(=O)c(C#N)c(N2CCN(C(c3ccc(F)cc3)c3ccccc3O)CC2)c2nc(Br)ccc21. The first-order chi connectivity index (χ1) is 18.9. The van der Waals surface area contributed by atoms with Crippen LogP contribution in [0, 0.1) is 17.1 Å². The van der Waals surface area contributed by atoms with Gasteiger partial charge in [-0.1, -0.05) is 30.3 Å². The first kappa shape index (κ1) is 26.8. The highest BCUT2D eigenvalue weighted by molar-refractivity contribution is 9.10. The van der Waals surface area contributed by atoms with Crippen molar-refractivity contribution in [2.45, 2.75) is 12.6 Å². The number of ether oxygens (including phenoxy) is 1. The van der Waals surface area contributed by atoms with Crippen molar-refractivity contribution in [3.05, 3.63) is 98.1 Å². The van der Waals surface area contributed by atoms with Gasteiger partial charge in [-0.2, -0.15) is 5.26 Å². The highest BCUT2D eigenvalue weighted by Crippen LogP contribution is 2.36. The maximum atomic E-state index is 13.7. The molecule has 1 N–H and O–H groups in total. The zero-order chi connectivity index (χ0) is 27.5. The summed E-state index contributed by atoms with van der Waals surface area (Å²) < 4.78 is 21.1. The number of piperazine rings is 1. The van der Waals surface area contributed by atoms with Crippen molar-refractivity contribution in [2.24, 2.45) is 0 Å². The molecule has 1 saturated heterocycles. The molecular weight excluding hydrogens is 565 g/mol. The van der Waals surface area contributed by atoms with Gasteiger partial charge < -0.3 is 19.3 Å². The van der Waals surface area contributed by atoms with Gasteiger partial charge in [0.05, 0.1) is 23.9 Å². The Morgan fingerprint density at radius 1 is 1.10 bits per heavy atom. The van der Waals surface area contributed by atoms with Crippen molar-refractivity contribution in [3.8, 4) is 11.8 Å². The Morgan fingerprint density at radius 3 is 2.49 bits per heavy atom. The van der Waals surface area contributed by atoms with E-state index >= 15 is 0 Å². The number of aromatic hydroxyl groups is 1. The molecule has 0 amide bonds. The zero-order valence-electron chi connectivity index (χ0n) is 21.3. The van der Waals surface area contributed by atoms with Crippen LogP contribution in [-0.4, -0.2) is 59.5 Å². The zero-order valence-corrected chi connectivity index (χ0v) is 22.9. The molecule has 200 valence electrons. The fourth-order valence-electron chi connectivity index (χ4n) is 5.25. The highest BCUT2D eigenvalue weighted by Gasteiger charge is 2.31. The molecule has 2 aromatic heterocycles. The molecule has 10 heteroatoms. The normalized spacial score (nSPS) is 14.9. The van der Waals surface area contributed by atoms with Gasteiger partial charge in [0.1, 0.15) is 33.3 Å². The number of fused-ring (bicyclic) bond motifs is 1. The number of rotatable bonds is 7. The number of anilines is 1. The van der Waals surface area contributed by atoms with E-state index in [1.807, 2.05) is 23.1 Å². The van der Waals surface area contributed by atoms with Crippen molar-refractivity contribution in [1.82, 2.24) is 14.5 Å². The predicted octanol–water partition coefficient (Wildman–Crippen LogP) is 4.43. The number of pyridine rings is 2. The van der Waals surface area contributed by atoms with Crippen molar-refractivity contribution >= 4 is 32.7 Å². The number of methoxy groups -OCH3 is 1. The van der Waals surface area contributed by atoms with Gasteiger partial charge in [-0.05, 0) is 51.8 Å². The Hall–Kier alpha value is -3.78. The van der Waals surface area contributed by atoms with Crippen LogP contribution < -0.4 is 10.5 Å². The minimum absolute atomic E-state index is 0.0495. The molecule has 1 atom stereocenters. The number of phenolic OH excluding ortho intramolecular Hbond substituents is 1. The van der Waals surface area contributed by atoms with E-state index in [4.69, 9.17) is 4.74 Å². The maximum absolute atomic E-state index is 13.7. The number of hydrogen-bond donors (Lipinski definition) is 1. The van der Waals surface area contributed by atoms with Crippen LogP contribution in [0.1, 0.15) is 22.7 Å². The number of benzene rings is 2. The molecule has 0 aliphatic carbocycles. The first-order valence-corrected chi connectivity index (χ1v) is 13.4. The van der Waals surface area contributed by atoms with Gasteiger partial charge in [0.2, 0.25) is 0 Å². The van der Waals surface area contributed by atoms with Gasteiger partial charge in [-0.15, -0.1) is 0 Å². The first-order valence-electron chi connectivity index (χ1n) is 12.6. The molecule has 1 aliphatic heterocycles. The molecule has 1 aliphatic rings. The van der Waals surface area contributed by atoms with Gasteiger partial charge in [0.25, 0.3) is 5.56 Å². The number of phenols is 1. The fraction of sp³-hybridized carbons (Fsp3) is 0.276. The molecule has 4 aromatic rings. The van der Waals surface area contributed by atoms with Crippen LogP contribution in [0.4, 0.5) is 10.1 Å². The summed E-state index contributed by atoms with van der Waals surface area (Å²) in [6.45, 7) is 2.81. The summed E-state index contributed by atoms with van der Waals surface area (Å²) >= 11 is 3.44. The molecule has 1 unspecified atom stereocenters. The van der Waals surface area contributed by atoms with E-state index in [2.05, 4.69) is 31.9 Å². The summed E-state index contributed by atoms with van der Waals surface area (Å²) in [5.41, 5.74) is 2.99. The third-order valence-electron chi connectivity index (χ3n) is 7.09. The number of hydrogen-bond acceptors (Lipinski definition) is 7. The second kappa shape index (κ2) is 11.5. The smallest absolute Gasteiger partial charge is 0.271 e. The van der Waals surface area contributed by atoms with Gasteiger partial charge in [-0.3, -0.25) is 9.69 Å². The summed E-state index contributed by atoms with van der Waals surface area (Å²) in [4.78, 5) is 22.4. The molecule has 8 nitrogen and oxygen atoms in total. The summed E-state index contributed by atoms with van der Waals surface area (Å²) in [6, 6.07) is 18.9. The number of nitriles is 1. The lowest BCUT2D eigenvalue weighted by atomic mass is 9.95. The van der Waals surface area contributed by atoms with Crippen LogP contribution in [0.25, 0.3) is 11.0 Å². The average Bonchev–Trinajstić information content (AvgIpc) is 2.95. The van der Waals surface area contributed by atoms with Crippen LogP contribution in [0.15, 0.2) is 70.1 Å². The second-order valence-electron chi connectivity index (χ2n) is 9.32. The monoisotopic (exact) mass is 591 g/mol. The number of nitrogens with zero attached hydrogens (tertiary/aromatic N) is 5. The lowest BCUT2D eigenvalue weighted by Crippen LogP contribution is -2.48. The summed E-state index contributed by atoms with van der Waals surface area (Å²) in [7, 11) is 1.56. The van der Waals surface area contributed by atoms with Gasteiger partial charge in [0.15, 0.2) is 0 Å². The Bertz CT molecular complexity index is 1590. The lowest BCUT2D eigenvalue weighted by Gasteiger charge is -2.41. The van der Waals surface area contributed by atoms with Crippen LogP contribution >= 0.6 is 15.9 Å². The molecule has 0 saturated carbocycles. The lowest BCUT2D eigenvalue weighted by molar-refractivity contribution is 0.187. The number of halogens is 2. The van der Waals surface area contributed by atoms with Crippen molar-refractivity contribution in [2.75, 3.05) is 44.8 Å². The Kier molecular flexibility index (Phi) is 7.93. The van der Waals surface area contributed by atoms with Gasteiger partial charge in [-0.25, -0.2) is 9.37 Å². The number of para-hydroxylation sites is 1. The molecule has 0 radical (unpaired) electrons. The molecule has 2 aromatic carbocycles. The van der Waals surface area contributed by atoms with Crippen LogP contribution in [0.2, 0.25) is 0 Å². The summed E-state index contributed by atoms with van der Waals surface area (Å²) in [5, 5.41) is 20.8. The molecule has 3 heterocycles. The molecule has 0 bridgehead atoms. The van der Waals surface area contributed by atoms with E-state index in [0.29, 0.717) is 60.7 Å². The molecular formula is C29H27BrFN5O3. The topological polar surface area (TPSA) is 94.6 Å². The highest BCUT2D eigenvalue weighted by atomic mass is 79.9. The molecule has 1 fully saturated rings. The Morgan fingerprint density at radius 2 is 1.82 bits per heavy atom. The van der Waals surface area contributed by atoms with Gasteiger partial charge in [0, 0.05) is 45.4 Å². The largest absolute Gasteiger partial charge is 0.508 e. The van der Waals surface area contributed by atoms with E-state index in [-0.39, 0.29) is 28.7 Å². The third-order valence-corrected chi connectivity index (χ3v) is 7.54. The summed E-state index contributed by atoms with van der Waals surface area (Å²) in [6.07, 6.45) is 0. The third kappa shape index (κ3) is 5.26. The average molecular weight is 592 g/mol. The predicted molar refractivity (Wildman–Crippen MR) is 150 cm³/mol. The Labute approximate surface area is 233 Å². The van der Waals surface area contributed by atoms with Crippen LogP contribution in [0.5, 0.6) is 5.75 Å². The molecule has 5 rings (SSSR count). The minimum atomic E-state index is -0.373. The van der Waals surface area contributed by atoms with Crippen molar-refractivity contribution in [3.63, 3.8) is 0 Å².